The van der Waals surface area contributed by atoms with Crippen molar-refractivity contribution in [1.29, 1.82) is 0 Å². The van der Waals surface area contributed by atoms with Crippen molar-refractivity contribution in [2.24, 2.45) is 0 Å². The number of carbonyl (C=O) groups is 1. The number of alkyl halides is 2. The number of halogens is 2. The van der Waals surface area contributed by atoms with E-state index >= 15 is 0 Å². The zero-order valence-electron chi connectivity index (χ0n) is 13.1. The number of non-ortho nitro benzene ring substituents is 1. The molecular formula is C17H12F2N2O4S. The minimum atomic E-state index is -2.95. The summed E-state index contributed by atoms with van der Waals surface area (Å²) < 4.78 is 30.0. The molecule has 1 N–H and O–H groups in total. The van der Waals surface area contributed by atoms with Gasteiger partial charge in [-0.15, -0.1) is 11.3 Å². The number of amides is 1. The third kappa shape index (κ3) is 3.94. The Kier molecular flexibility index (Phi) is 5.08. The Morgan fingerprint density at radius 2 is 2.00 bits per heavy atom. The van der Waals surface area contributed by atoms with Crippen molar-refractivity contribution in [2.75, 3.05) is 0 Å². The van der Waals surface area contributed by atoms with E-state index in [0.29, 0.717) is 15.8 Å². The van der Waals surface area contributed by atoms with Crippen LogP contribution in [0.5, 0.6) is 5.75 Å². The summed E-state index contributed by atoms with van der Waals surface area (Å²) in [6, 6.07) is 12.1. The maximum Gasteiger partial charge on any atom is 0.387 e. The standard InChI is InChI=1S/C17H12F2N2O4S/c18-17(19)25-13-4-2-1-3-10(13)9-20-16(22)15-8-11-7-12(21(23)24)5-6-14(11)26-15/h1-8,17H,9H2,(H,20,22). The van der Waals surface area contributed by atoms with Crippen LogP contribution in [0.25, 0.3) is 10.1 Å². The molecular weight excluding hydrogens is 366 g/mol. The number of nitrogens with one attached hydrogen (secondary N) is 1. The number of para-hydroxylation sites is 1. The van der Waals surface area contributed by atoms with Crippen LogP contribution in [-0.2, 0) is 6.54 Å². The second-order valence-electron chi connectivity index (χ2n) is 5.26. The molecule has 0 atom stereocenters. The van der Waals surface area contributed by atoms with Crippen LogP contribution in [0, 0.1) is 10.1 Å². The summed E-state index contributed by atoms with van der Waals surface area (Å²) in [5.41, 5.74) is 0.359. The van der Waals surface area contributed by atoms with Gasteiger partial charge in [0.05, 0.1) is 9.80 Å². The minimum Gasteiger partial charge on any atom is -0.434 e. The molecule has 0 saturated carbocycles. The number of carbonyl (C=O) groups excluding carboxylic acids is 1. The Morgan fingerprint density at radius 3 is 2.73 bits per heavy atom. The average Bonchev–Trinajstić information content (AvgIpc) is 3.03. The van der Waals surface area contributed by atoms with Gasteiger partial charge in [-0.05, 0) is 18.2 Å². The molecule has 3 aromatic rings. The fourth-order valence-corrected chi connectivity index (χ4v) is 3.34. The van der Waals surface area contributed by atoms with E-state index in [2.05, 4.69) is 10.1 Å². The molecule has 1 amide bonds. The quantitative estimate of drug-likeness (QED) is 0.511. The largest absolute Gasteiger partial charge is 0.434 e. The van der Waals surface area contributed by atoms with Gasteiger partial charge in [-0.3, -0.25) is 14.9 Å². The summed E-state index contributed by atoms with van der Waals surface area (Å²) in [7, 11) is 0. The summed E-state index contributed by atoms with van der Waals surface area (Å²) in [4.78, 5) is 23.0. The van der Waals surface area contributed by atoms with Gasteiger partial charge >= 0.3 is 6.61 Å². The highest BCUT2D eigenvalue weighted by Gasteiger charge is 2.14. The lowest BCUT2D eigenvalue weighted by molar-refractivity contribution is -0.384. The van der Waals surface area contributed by atoms with Crippen LogP contribution in [0.2, 0.25) is 0 Å². The molecule has 0 aliphatic rings. The molecule has 0 fully saturated rings. The van der Waals surface area contributed by atoms with Gasteiger partial charge in [-0.1, -0.05) is 18.2 Å². The first-order chi connectivity index (χ1) is 12.4. The molecule has 26 heavy (non-hydrogen) atoms. The number of hydrogen-bond donors (Lipinski definition) is 1. The van der Waals surface area contributed by atoms with Crippen molar-refractivity contribution in [3.05, 3.63) is 69.1 Å². The lowest BCUT2D eigenvalue weighted by Crippen LogP contribution is -2.22. The van der Waals surface area contributed by atoms with Gasteiger partial charge in [0.15, 0.2) is 0 Å². The topological polar surface area (TPSA) is 81.5 Å². The predicted molar refractivity (Wildman–Crippen MR) is 92.7 cm³/mol. The number of nitrogens with zero attached hydrogens (tertiary/aromatic N) is 1. The summed E-state index contributed by atoms with van der Waals surface area (Å²) in [6.45, 7) is -2.94. The normalized spacial score (nSPS) is 10.9. The maximum atomic E-state index is 12.4. The van der Waals surface area contributed by atoms with Crippen LogP contribution < -0.4 is 10.1 Å². The first-order valence-electron chi connectivity index (χ1n) is 7.43. The van der Waals surface area contributed by atoms with Crippen LogP contribution in [-0.4, -0.2) is 17.4 Å². The van der Waals surface area contributed by atoms with Gasteiger partial charge in [-0.2, -0.15) is 8.78 Å². The van der Waals surface area contributed by atoms with Crippen LogP contribution in [0.1, 0.15) is 15.2 Å². The molecule has 134 valence electrons. The van der Waals surface area contributed by atoms with Gasteiger partial charge in [0.2, 0.25) is 0 Å². The van der Waals surface area contributed by atoms with Crippen molar-refractivity contribution in [3.8, 4) is 5.75 Å². The number of benzene rings is 2. The Hall–Kier alpha value is -3.07. The number of fused-ring (bicyclic) bond motifs is 1. The lowest BCUT2D eigenvalue weighted by Gasteiger charge is -2.10. The summed E-state index contributed by atoms with van der Waals surface area (Å²) in [5, 5.41) is 14.1. The number of hydrogen-bond acceptors (Lipinski definition) is 5. The molecule has 0 saturated heterocycles. The average molecular weight is 378 g/mol. The smallest absolute Gasteiger partial charge is 0.387 e. The molecule has 1 aromatic heterocycles. The maximum absolute atomic E-state index is 12.4. The molecule has 0 aliphatic carbocycles. The van der Waals surface area contributed by atoms with Gasteiger partial charge < -0.3 is 10.1 Å². The third-order valence-electron chi connectivity index (χ3n) is 3.56. The first kappa shape index (κ1) is 17.7. The predicted octanol–water partition coefficient (Wildman–Crippen LogP) is 4.34. The Morgan fingerprint density at radius 1 is 1.23 bits per heavy atom. The number of rotatable bonds is 6. The highest BCUT2D eigenvalue weighted by molar-refractivity contribution is 7.20. The Balaban J connectivity index is 1.75. The molecule has 6 nitrogen and oxygen atoms in total. The number of ether oxygens (including phenoxy) is 1. The van der Waals surface area contributed by atoms with E-state index in [0.717, 1.165) is 4.70 Å². The second kappa shape index (κ2) is 7.44. The summed E-state index contributed by atoms with van der Waals surface area (Å²) in [5.74, 6) is -0.407. The van der Waals surface area contributed by atoms with Gasteiger partial charge in [0.1, 0.15) is 5.75 Å². The van der Waals surface area contributed by atoms with E-state index in [1.807, 2.05) is 0 Å². The van der Waals surface area contributed by atoms with Gasteiger partial charge in [0.25, 0.3) is 11.6 Å². The Bertz CT molecular complexity index is 974. The van der Waals surface area contributed by atoms with Crippen molar-refractivity contribution in [3.63, 3.8) is 0 Å². The van der Waals surface area contributed by atoms with Gasteiger partial charge in [-0.25, -0.2) is 0 Å². The third-order valence-corrected chi connectivity index (χ3v) is 4.68. The monoisotopic (exact) mass is 378 g/mol. The van der Waals surface area contributed by atoms with Crippen molar-refractivity contribution >= 4 is 33.0 Å². The molecule has 0 radical (unpaired) electrons. The van der Waals surface area contributed by atoms with E-state index in [4.69, 9.17) is 0 Å². The highest BCUT2D eigenvalue weighted by Crippen LogP contribution is 2.29. The van der Waals surface area contributed by atoms with Crippen LogP contribution in [0.15, 0.2) is 48.5 Å². The first-order valence-corrected chi connectivity index (χ1v) is 8.24. The van der Waals surface area contributed by atoms with E-state index < -0.39 is 17.4 Å². The lowest BCUT2D eigenvalue weighted by atomic mass is 10.2. The summed E-state index contributed by atoms with van der Waals surface area (Å²) in [6.07, 6.45) is 0. The fourth-order valence-electron chi connectivity index (χ4n) is 2.38. The van der Waals surface area contributed by atoms with Crippen LogP contribution >= 0.6 is 11.3 Å². The van der Waals surface area contributed by atoms with E-state index in [9.17, 15) is 23.7 Å². The SMILES string of the molecule is O=C(NCc1ccccc1OC(F)F)c1cc2cc([N+](=O)[O-])ccc2s1. The summed E-state index contributed by atoms with van der Waals surface area (Å²) >= 11 is 1.19. The number of thiophene rings is 1. The van der Waals surface area contributed by atoms with Gasteiger partial charge in [0, 0.05) is 34.3 Å². The number of nitro benzene ring substituents is 1. The zero-order valence-corrected chi connectivity index (χ0v) is 14.0. The fraction of sp³-hybridized carbons (Fsp3) is 0.118. The molecule has 9 heteroatoms. The highest BCUT2D eigenvalue weighted by atomic mass is 32.1. The van der Waals surface area contributed by atoms with Crippen molar-refractivity contribution < 1.29 is 23.2 Å². The van der Waals surface area contributed by atoms with E-state index in [-0.39, 0.29) is 18.0 Å². The Labute approximate surface area is 150 Å². The van der Waals surface area contributed by atoms with E-state index in [1.54, 1.807) is 30.3 Å². The molecule has 0 unspecified atom stereocenters. The van der Waals surface area contributed by atoms with E-state index in [1.165, 1.54) is 29.5 Å². The van der Waals surface area contributed by atoms with Crippen LogP contribution in [0.4, 0.5) is 14.5 Å². The minimum absolute atomic E-state index is 0.00485. The molecule has 2 aromatic carbocycles. The van der Waals surface area contributed by atoms with Crippen LogP contribution in [0.3, 0.4) is 0 Å². The molecule has 3 rings (SSSR count). The molecule has 0 bridgehead atoms. The second-order valence-corrected chi connectivity index (χ2v) is 6.34. The molecule has 1 heterocycles. The molecule has 0 spiro atoms. The van der Waals surface area contributed by atoms with Crippen molar-refractivity contribution in [1.82, 2.24) is 5.32 Å². The zero-order chi connectivity index (χ0) is 18.7. The molecule has 0 aliphatic heterocycles. The van der Waals surface area contributed by atoms with Crippen molar-refractivity contribution in [2.45, 2.75) is 13.2 Å². The number of nitro groups is 1.